The Labute approximate surface area is 92.0 Å². The molecule has 0 radical (unpaired) electrons. The second-order valence-electron chi connectivity index (χ2n) is 3.75. The summed E-state index contributed by atoms with van der Waals surface area (Å²) in [5.74, 6) is -0.854. The zero-order chi connectivity index (χ0) is 12.2. The van der Waals surface area contributed by atoms with Crippen molar-refractivity contribution in [3.63, 3.8) is 0 Å². The van der Waals surface area contributed by atoms with Crippen LogP contribution in [0.1, 0.15) is 5.76 Å². The third kappa shape index (κ3) is 3.86. The molecule has 1 heterocycles. The second-order valence-corrected chi connectivity index (χ2v) is 3.75. The topological polar surface area (TPSA) is 42.4 Å². The highest BCUT2D eigenvalue weighted by atomic mass is 19.4. The van der Waals surface area contributed by atoms with Crippen molar-refractivity contribution in [2.45, 2.75) is 12.7 Å². The van der Waals surface area contributed by atoms with Crippen LogP contribution in [0.4, 0.5) is 13.2 Å². The van der Waals surface area contributed by atoms with Crippen LogP contribution < -0.4 is 5.73 Å². The van der Waals surface area contributed by atoms with Crippen LogP contribution in [0.5, 0.6) is 0 Å². The first-order valence-electron chi connectivity index (χ1n) is 4.91. The summed E-state index contributed by atoms with van der Waals surface area (Å²) in [4.78, 5) is 1.55. The molecule has 0 aromatic carbocycles. The molecule has 1 rings (SSSR count). The van der Waals surface area contributed by atoms with E-state index in [0.29, 0.717) is 12.3 Å². The highest BCUT2D eigenvalue weighted by molar-refractivity contribution is 4.97. The van der Waals surface area contributed by atoms with Crippen LogP contribution in [0, 0.1) is 5.92 Å². The largest absolute Gasteiger partial charge is 0.468 e. The molecule has 0 fully saturated rings. The van der Waals surface area contributed by atoms with Gasteiger partial charge in [0.1, 0.15) is 5.76 Å². The van der Waals surface area contributed by atoms with Gasteiger partial charge >= 0.3 is 6.18 Å². The minimum atomic E-state index is -4.24. The van der Waals surface area contributed by atoms with Gasteiger partial charge in [-0.3, -0.25) is 4.90 Å². The summed E-state index contributed by atoms with van der Waals surface area (Å²) in [5, 5.41) is 0. The van der Waals surface area contributed by atoms with Crippen molar-refractivity contribution in [1.82, 2.24) is 4.90 Å². The molecule has 2 N–H and O–H groups in total. The predicted octanol–water partition coefficient (Wildman–Crippen LogP) is 1.85. The van der Waals surface area contributed by atoms with Gasteiger partial charge in [0.2, 0.25) is 0 Å². The molecule has 0 saturated heterocycles. The molecule has 1 aromatic rings. The van der Waals surface area contributed by atoms with E-state index in [9.17, 15) is 13.2 Å². The fourth-order valence-electron chi connectivity index (χ4n) is 1.42. The van der Waals surface area contributed by atoms with Gasteiger partial charge in [0, 0.05) is 13.1 Å². The molecular formula is C10H15F3N2O. The van der Waals surface area contributed by atoms with Crippen LogP contribution in [0.2, 0.25) is 0 Å². The number of nitrogens with two attached hydrogens (primary N) is 1. The molecule has 0 amide bonds. The van der Waals surface area contributed by atoms with Crippen molar-refractivity contribution >= 4 is 0 Å². The smallest absolute Gasteiger partial charge is 0.394 e. The Kier molecular flexibility index (Phi) is 4.37. The van der Waals surface area contributed by atoms with Gasteiger partial charge in [0.25, 0.3) is 0 Å². The summed E-state index contributed by atoms with van der Waals surface area (Å²) >= 11 is 0. The van der Waals surface area contributed by atoms with E-state index in [1.165, 1.54) is 6.26 Å². The van der Waals surface area contributed by atoms with Crippen LogP contribution in [0.15, 0.2) is 22.8 Å². The zero-order valence-corrected chi connectivity index (χ0v) is 9.00. The molecule has 1 aromatic heterocycles. The fraction of sp³-hybridized carbons (Fsp3) is 0.600. The van der Waals surface area contributed by atoms with E-state index in [0.717, 1.165) is 0 Å². The SMILES string of the molecule is CN(Cc1ccco1)CC(CN)C(F)(F)F. The fourth-order valence-corrected chi connectivity index (χ4v) is 1.42. The first kappa shape index (κ1) is 13.1. The maximum absolute atomic E-state index is 12.4. The van der Waals surface area contributed by atoms with Crippen molar-refractivity contribution in [3.05, 3.63) is 24.2 Å². The average molecular weight is 236 g/mol. The van der Waals surface area contributed by atoms with Crippen LogP contribution in [0.25, 0.3) is 0 Å². The van der Waals surface area contributed by atoms with Gasteiger partial charge in [0.15, 0.2) is 0 Å². The highest BCUT2D eigenvalue weighted by Gasteiger charge is 2.38. The van der Waals surface area contributed by atoms with Crippen LogP contribution in [-0.2, 0) is 6.54 Å². The maximum atomic E-state index is 12.4. The van der Waals surface area contributed by atoms with Gasteiger partial charge in [-0.05, 0) is 19.2 Å². The molecule has 16 heavy (non-hydrogen) atoms. The molecule has 92 valence electrons. The number of alkyl halides is 3. The van der Waals surface area contributed by atoms with E-state index in [1.807, 2.05) is 0 Å². The van der Waals surface area contributed by atoms with Crippen molar-refractivity contribution in [2.24, 2.45) is 11.7 Å². The molecule has 0 aliphatic carbocycles. The Morgan fingerprint density at radius 2 is 2.19 bits per heavy atom. The van der Waals surface area contributed by atoms with Crippen molar-refractivity contribution < 1.29 is 17.6 Å². The Bertz CT molecular complexity index is 298. The summed E-state index contributed by atoms with van der Waals surface area (Å²) in [6, 6.07) is 3.43. The number of halogens is 3. The van der Waals surface area contributed by atoms with Crippen LogP contribution >= 0.6 is 0 Å². The van der Waals surface area contributed by atoms with Crippen molar-refractivity contribution in [3.8, 4) is 0 Å². The summed E-state index contributed by atoms with van der Waals surface area (Å²) in [7, 11) is 1.61. The molecule has 0 aliphatic heterocycles. The highest BCUT2D eigenvalue weighted by Crippen LogP contribution is 2.26. The average Bonchev–Trinajstić information content (AvgIpc) is 2.64. The molecule has 0 bridgehead atoms. The predicted molar refractivity (Wildman–Crippen MR) is 53.6 cm³/mol. The summed E-state index contributed by atoms with van der Waals surface area (Å²) in [6.07, 6.45) is -2.75. The van der Waals surface area contributed by atoms with E-state index in [4.69, 9.17) is 10.2 Å². The quantitative estimate of drug-likeness (QED) is 0.848. The third-order valence-electron chi connectivity index (χ3n) is 2.29. The second kappa shape index (κ2) is 5.36. The summed E-state index contributed by atoms with van der Waals surface area (Å²) in [6.45, 7) is -0.174. The first-order chi connectivity index (χ1) is 7.43. The molecule has 3 nitrogen and oxygen atoms in total. The van der Waals surface area contributed by atoms with Gasteiger partial charge in [-0.15, -0.1) is 0 Å². The summed E-state index contributed by atoms with van der Waals surface area (Å²) in [5.41, 5.74) is 5.11. The first-order valence-corrected chi connectivity index (χ1v) is 4.91. The molecule has 6 heteroatoms. The number of rotatable bonds is 5. The summed E-state index contributed by atoms with van der Waals surface area (Å²) < 4.78 is 42.3. The van der Waals surface area contributed by atoms with E-state index < -0.39 is 18.6 Å². The van der Waals surface area contributed by atoms with Crippen LogP contribution in [0.3, 0.4) is 0 Å². The molecule has 0 spiro atoms. The molecule has 0 aliphatic rings. The van der Waals surface area contributed by atoms with Crippen molar-refractivity contribution in [1.29, 1.82) is 0 Å². The Hall–Kier alpha value is -1.01. The lowest BCUT2D eigenvalue weighted by Crippen LogP contribution is -2.39. The molecule has 1 unspecified atom stereocenters. The maximum Gasteiger partial charge on any atom is 0.394 e. The Morgan fingerprint density at radius 1 is 1.50 bits per heavy atom. The third-order valence-corrected chi connectivity index (χ3v) is 2.29. The lowest BCUT2D eigenvalue weighted by atomic mass is 10.1. The van der Waals surface area contributed by atoms with Gasteiger partial charge in [0.05, 0.1) is 18.7 Å². The number of furan rings is 1. The van der Waals surface area contributed by atoms with E-state index in [-0.39, 0.29) is 6.54 Å². The molecular weight excluding hydrogens is 221 g/mol. The van der Waals surface area contributed by atoms with E-state index >= 15 is 0 Å². The minimum Gasteiger partial charge on any atom is -0.468 e. The normalized spacial score (nSPS) is 14.4. The standard InChI is InChI=1S/C10H15F3N2O/c1-15(7-9-3-2-4-16-9)6-8(5-14)10(11,12)13/h2-4,8H,5-7,14H2,1H3. The molecule has 0 saturated carbocycles. The lowest BCUT2D eigenvalue weighted by molar-refractivity contribution is -0.175. The monoisotopic (exact) mass is 236 g/mol. The lowest BCUT2D eigenvalue weighted by Gasteiger charge is -2.24. The Morgan fingerprint density at radius 3 is 2.62 bits per heavy atom. The van der Waals surface area contributed by atoms with Crippen LogP contribution in [-0.4, -0.2) is 31.2 Å². The van der Waals surface area contributed by atoms with E-state index in [2.05, 4.69) is 0 Å². The van der Waals surface area contributed by atoms with Crippen molar-refractivity contribution in [2.75, 3.05) is 20.1 Å². The van der Waals surface area contributed by atoms with E-state index in [1.54, 1.807) is 24.1 Å². The van der Waals surface area contributed by atoms with Gasteiger partial charge in [-0.1, -0.05) is 0 Å². The van der Waals surface area contributed by atoms with Gasteiger partial charge in [-0.2, -0.15) is 13.2 Å². The minimum absolute atomic E-state index is 0.124. The number of hydrogen-bond donors (Lipinski definition) is 1. The Balaban J connectivity index is 2.46. The number of hydrogen-bond acceptors (Lipinski definition) is 3. The number of nitrogens with zero attached hydrogens (tertiary/aromatic N) is 1. The van der Waals surface area contributed by atoms with Gasteiger partial charge < -0.3 is 10.2 Å². The molecule has 1 atom stereocenters. The zero-order valence-electron chi connectivity index (χ0n) is 9.00. The van der Waals surface area contributed by atoms with Gasteiger partial charge in [-0.25, -0.2) is 0 Å².